The van der Waals surface area contributed by atoms with Crippen LogP contribution in [-0.2, 0) is 12.1 Å². The highest BCUT2D eigenvalue weighted by molar-refractivity contribution is 6.00. The number of carbonyl (C=O) groups excluding carboxylic acids is 1. The highest BCUT2D eigenvalue weighted by Gasteiger charge is 2.31. The molecular formula is C16H12F5NO. The van der Waals surface area contributed by atoms with Gasteiger partial charge in [-0.3, -0.25) is 4.79 Å². The Hall–Kier alpha value is -2.44. The second-order valence-corrected chi connectivity index (χ2v) is 5.09. The van der Waals surface area contributed by atoms with E-state index >= 15 is 0 Å². The van der Waals surface area contributed by atoms with Crippen molar-refractivity contribution in [2.24, 2.45) is 5.73 Å². The van der Waals surface area contributed by atoms with Crippen molar-refractivity contribution in [2.75, 3.05) is 0 Å². The summed E-state index contributed by atoms with van der Waals surface area (Å²) in [7, 11) is 0. The number of benzene rings is 2. The van der Waals surface area contributed by atoms with Crippen molar-refractivity contribution in [3.8, 4) is 11.1 Å². The molecule has 0 spiro atoms. The van der Waals surface area contributed by atoms with Crippen molar-refractivity contribution in [1.29, 1.82) is 0 Å². The molecule has 7 heteroatoms. The maximum absolute atomic E-state index is 13.2. The molecule has 0 unspecified atom stereocenters. The Balaban J connectivity index is 2.58. The summed E-state index contributed by atoms with van der Waals surface area (Å²) in [6.45, 7) is 0.709. The van der Waals surface area contributed by atoms with E-state index in [4.69, 9.17) is 5.73 Å². The number of carbonyl (C=O) groups is 1. The molecule has 0 fully saturated rings. The molecule has 2 nitrogen and oxygen atoms in total. The molecule has 23 heavy (non-hydrogen) atoms. The summed E-state index contributed by atoms with van der Waals surface area (Å²) in [6, 6.07) is 7.16. The number of hydrogen-bond donors (Lipinski definition) is 1. The average molecular weight is 329 g/mol. The molecule has 2 rings (SSSR count). The molecule has 0 saturated carbocycles. The summed E-state index contributed by atoms with van der Waals surface area (Å²) in [5.74, 6) is -3.97. The fraction of sp³-hybridized carbons (Fsp3) is 0.188. The molecule has 0 aliphatic heterocycles. The van der Waals surface area contributed by atoms with Crippen LogP contribution < -0.4 is 5.73 Å². The van der Waals surface area contributed by atoms with Crippen molar-refractivity contribution >= 4 is 5.91 Å². The molecule has 0 aliphatic rings. The van der Waals surface area contributed by atoms with Gasteiger partial charge < -0.3 is 5.73 Å². The van der Waals surface area contributed by atoms with Crippen LogP contribution in [0.25, 0.3) is 11.1 Å². The monoisotopic (exact) mass is 329 g/mol. The fourth-order valence-corrected chi connectivity index (χ4v) is 2.12. The number of primary amides is 1. The smallest absolute Gasteiger partial charge is 0.366 e. The zero-order valence-electron chi connectivity index (χ0n) is 11.9. The van der Waals surface area contributed by atoms with Crippen LogP contribution in [0.5, 0.6) is 0 Å². The van der Waals surface area contributed by atoms with E-state index in [-0.39, 0.29) is 22.3 Å². The van der Waals surface area contributed by atoms with Gasteiger partial charge in [-0.25, -0.2) is 8.78 Å². The number of alkyl halides is 5. The third kappa shape index (κ3) is 3.67. The lowest BCUT2D eigenvalue weighted by Crippen LogP contribution is -2.14. The van der Waals surface area contributed by atoms with Gasteiger partial charge in [0.15, 0.2) is 0 Å². The van der Waals surface area contributed by atoms with Gasteiger partial charge >= 0.3 is 6.18 Å². The largest absolute Gasteiger partial charge is 0.416 e. The summed E-state index contributed by atoms with van der Waals surface area (Å²) in [5.41, 5.74) is 3.95. The molecule has 0 bridgehead atoms. The molecule has 2 aromatic carbocycles. The van der Waals surface area contributed by atoms with E-state index in [1.807, 2.05) is 0 Å². The van der Waals surface area contributed by atoms with E-state index in [0.29, 0.717) is 6.92 Å². The predicted octanol–water partition coefficient (Wildman–Crippen LogP) is 4.58. The highest BCUT2D eigenvalue weighted by atomic mass is 19.4. The summed E-state index contributed by atoms with van der Waals surface area (Å²) in [6.07, 6.45) is -4.60. The maximum atomic E-state index is 13.2. The predicted molar refractivity (Wildman–Crippen MR) is 75.0 cm³/mol. The van der Waals surface area contributed by atoms with Gasteiger partial charge in [0.1, 0.15) is 0 Å². The van der Waals surface area contributed by atoms with Crippen molar-refractivity contribution in [2.45, 2.75) is 19.0 Å². The van der Waals surface area contributed by atoms with Gasteiger partial charge in [0.05, 0.1) is 5.56 Å². The quantitative estimate of drug-likeness (QED) is 0.823. The van der Waals surface area contributed by atoms with Crippen LogP contribution in [0.15, 0.2) is 42.5 Å². The Morgan fingerprint density at radius 1 is 0.913 bits per heavy atom. The average Bonchev–Trinajstić information content (AvgIpc) is 2.45. The Bertz CT molecular complexity index is 730. The molecule has 122 valence electrons. The number of hydrogen-bond acceptors (Lipinski definition) is 1. The third-order valence-electron chi connectivity index (χ3n) is 3.32. The van der Waals surface area contributed by atoms with Crippen LogP contribution in [0.3, 0.4) is 0 Å². The van der Waals surface area contributed by atoms with Gasteiger partial charge in [-0.1, -0.05) is 24.3 Å². The van der Waals surface area contributed by atoms with Crippen LogP contribution in [0.1, 0.15) is 28.4 Å². The van der Waals surface area contributed by atoms with Crippen LogP contribution in [0.2, 0.25) is 0 Å². The summed E-state index contributed by atoms with van der Waals surface area (Å²) < 4.78 is 64.9. The summed E-state index contributed by atoms with van der Waals surface area (Å²) in [5, 5.41) is 0. The fourth-order valence-electron chi connectivity index (χ4n) is 2.12. The summed E-state index contributed by atoms with van der Waals surface area (Å²) in [4.78, 5) is 11.4. The lowest BCUT2D eigenvalue weighted by Gasteiger charge is -2.14. The minimum Gasteiger partial charge on any atom is -0.366 e. The first-order valence-electron chi connectivity index (χ1n) is 6.50. The third-order valence-corrected chi connectivity index (χ3v) is 3.32. The van der Waals surface area contributed by atoms with E-state index in [1.165, 1.54) is 12.1 Å². The first-order valence-corrected chi connectivity index (χ1v) is 6.50. The molecular weight excluding hydrogens is 317 g/mol. The van der Waals surface area contributed by atoms with Gasteiger partial charge in [0, 0.05) is 18.1 Å². The Kier molecular flexibility index (Phi) is 4.15. The van der Waals surface area contributed by atoms with Crippen LogP contribution in [-0.4, -0.2) is 5.91 Å². The van der Waals surface area contributed by atoms with Crippen molar-refractivity contribution in [3.63, 3.8) is 0 Å². The SMILES string of the molecule is CC(F)(F)c1ccc(-c2cc(C(F)(F)F)ccc2C(N)=O)cc1. The lowest BCUT2D eigenvalue weighted by molar-refractivity contribution is -0.137. The normalized spacial score (nSPS) is 12.3. The number of nitrogens with two attached hydrogens (primary N) is 1. The van der Waals surface area contributed by atoms with E-state index in [1.54, 1.807) is 0 Å². The minimum atomic E-state index is -4.60. The zero-order valence-corrected chi connectivity index (χ0v) is 11.9. The summed E-state index contributed by atoms with van der Waals surface area (Å²) >= 11 is 0. The minimum absolute atomic E-state index is 0.0571. The molecule has 0 aromatic heterocycles. The van der Waals surface area contributed by atoms with E-state index in [9.17, 15) is 26.7 Å². The molecule has 0 atom stereocenters. The van der Waals surface area contributed by atoms with Gasteiger partial charge in [0.2, 0.25) is 5.91 Å². The number of rotatable bonds is 3. The number of halogens is 5. The molecule has 2 N–H and O–H groups in total. The topological polar surface area (TPSA) is 43.1 Å². The maximum Gasteiger partial charge on any atom is 0.416 e. The van der Waals surface area contributed by atoms with Gasteiger partial charge in [-0.15, -0.1) is 0 Å². The first kappa shape index (κ1) is 16.9. The molecule has 0 saturated heterocycles. The van der Waals surface area contributed by atoms with Gasteiger partial charge in [-0.2, -0.15) is 13.2 Å². The zero-order chi connectivity index (χ0) is 17.4. The second kappa shape index (κ2) is 5.64. The van der Waals surface area contributed by atoms with Crippen molar-refractivity contribution in [3.05, 3.63) is 59.2 Å². The molecule has 1 amide bonds. The van der Waals surface area contributed by atoms with Crippen LogP contribution in [0.4, 0.5) is 22.0 Å². The standard InChI is InChI=1S/C16H12F5NO/c1-15(17,18)10-4-2-9(3-5-10)13-8-11(16(19,20)21)6-7-12(13)14(22)23/h2-8H,1H3,(H2,22,23). The van der Waals surface area contributed by atoms with Crippen LogP contribution in [0, 0.1) is 0 Å². The highest BCUT2D eigenvalue weighted by Crippen LogP contribution is 2.35. The Labute approximate surface area is 128 Å². The Morgan fingerprint density at radius 3 is 1.87 bits per heavy atom. The lowest BCUT2D eigenvalue weighted by atomic mass is 9.95. The Morgan fingerprint density at radius 2 is 1.43 bits per heavy atom. The van der Waals surface area contributed by atoms with E-state index in [0.717, 1.165) is 30.3 Å². The van der Waals surface area contributed by atoms with Gasteiger partial charge in [-0.05, 0) is 29.3 Å². The first-order chi connectivity index (χ1) is 10.5. The molecule has 0 radical (unpaired) electrons. The number of amides is 1. The van der Waals surface area contributed by atoms with E-state index < -0.39 is 23.6 Å². The van der Waals surface area contributed by atoms with Crippen molar-refractivity contribution in [1.82, 2.24) is 0 Å². The van der Waals surface area contributed by atoms with E-state index in [2.05, 4.69) is 0 Å². The van der Waals surface area contributed by atoms with Gasteiger partial charge in [0.25, 0.3) is 5.92 Å². The molecule has 0 heterocycles. The van der Waals surface area contributed by atoms with Crippen LogP contribution >= 0.6 is 0 Å². The molecule has 2 aromatic rings. The second-order valence-electron chi connectivity index (χ2n) is 5.09. The molecule has 0 aliphatic carbocycles. The van der Waals surface area contributed by atoms with Crippen molar-refractivity contribution < 1.29 is 26.7 Å².